The van der Waals surface area contributed by atoms with Gasteiger partial charge in [0.15, 0.2) is 0 Å². The Kier molecular flexibility index (Phi) is 2.65. The molecule has 1 rings (SSSR count). The molecular weight excluding hydrogens is 164 g/mol. The molecule has 2 nitrogen and oxygen atoms in total. The van der Waals surface area contributed by atoms with E-state index < -0.39 is 5.92 Å². The highest BCUT2D eigenvalue weighted by atomic mass is 19.3. The molecule has 0 heterocycles. The zero-order valence-electron chi connectivity index (χ0n) is 7.07. The summed E-state index contributed by atoms with van der Waals surface area (Å²) in [6.45, 7) is 1.79. The number of alkyl halides is 2. The van der Waals surface area contributed by atoms with Crippen LogP contribution < -0.4 is 5.32 Å². The van der Waals surface area contributed by atoms with Gasteiger partial charge in [-0.3, -0.25) is 4.79 Å². The first kappa shape index (κ1) is 9.42. The number of carbonyl (C=O) groups excluding carboxylic acids is 1. The van der Waals surface area contributed by atoms with Crippen LogP contribution in [-0.4, -0.2) is 18.4 Å². The molecule has 12 heavy (non-hydrogen) atoms. The lowest BCUT2D eigenvalue weighted by molar-refractivity contribution is -0.119. The monoisotopic (exact) mass is 177 g/mol. The van der Waals surface area contributed by atoms with Crippen molar-refractivity contribution in [3.63, 3.8) is 0 Å². The lowest BCUT2D eigenvalue weighted by atomic mass is 10.1. The van der Waals surface area contributed by atoms with E-state index in [2.05, 4.69) is 5.32 Å². The lowest BCUT2D eigenvalue weighted by Gasteiger charge is -2.10. The normalized spacial score (nSPS) is 27.1. The number of rotatable bonds is 2. The first-order valence-corrected chi connectivity index (χ1v) is 4.12. The number of carbonyl (C=O) groups is 1. The molecule has 1 aliphatic carbocycles. The molecule has 1 fully saturated rings. The van der Waals surface area contributed by atoms with Gasteiger partial charge in [-0.2, -0.15) is 0 Å². The molecule has 0 saturated heterocycles. The van der Waals surface area contributed by atoms with E-state index in [1.54, 1.807) is 0 Å². The molecule has 70 valence electrons. The maximum Gasteiger partial charge on any atom is 0.248 e. The van der Waals surface area contributed by atoms with Crippen molar-refractivity contribution >= 4 is 5.91 Å². The fourth-order valence-electron chi connectivity index (χ4n) is 1.50. The highest BCUT2D eigenvalue weighted by Gasteiger charge is 2.39. The molecule has 0 aliphatic heterocycles. The second-order valence-electron chi connectivity index (χ2n) is 3.40. The van der Waals surface area contributed by atoms with Crippen molar-refractivity contribution in [3.8, 4) is 0 Å². The maximum absolute atomic E-state index is 12.6. The van der Waals surface area contributed by atoms with Gasteiger partial charge in [0.2, 0.25) is 11.8 Å². The smallest absolute Gasteiger partial charge is 0.248 e. The van der Waals surface area contributed by atoms with Crippen LogP contribution in [0, 0.1) is 5.92 Å². The Morgan fingerprint density at radius 3 is 2.75 bits per heavy atom. The average Bonchev–Trinajstić information content (AvgIpc) is 2.26. The second-order valence-corrected chi connectivity index (χ2v) is 3.40. The molecule has 0 radical (unpaired) electrons. The summed E-state index contributed by atoms with van der Waals surface area (Å²) in [7, 11) is 0. The summed E-state index contributed by atoms with van der Waals surface area (Å²) in [6.07, 6.45) is 0.414. The van der Waals surface area contributed by atoms with E-state index in [0.29, 0.717) is 13.0 Å². The van der Waals surface area contributed by atoms with Crippen LogP contribution in [0.15, 0.2) is 0 Å². The number of amides is 1. The summed E-state index contributed by atoms with van der Waals surface area (Å²) >= 11 is 0. The van der Waals surface area contributed by atoms with Crippen molar-refractivity contribution in [2.75, 3.05) is 6.54 Å². The van der Waals surface area contributed by atoms with Gasteiger partial charge in [-0.05, 0) is 12.3 Å². The van der Waals surface area contributed by atoms with E-state index in [1.807, 2.05) is 0 Å². The maximum atomic E-state index is 12.6. The first-order valence-electron chi connectivity index (χ1n) is 4.12. The molecule has 1 N–H and O–H groups in total. The fraction of sp³-hybridized carbons (Fsp3) is 0.875. The largest absolute Gasteiger partial charge is 0.356 e. The molecular formula is C8H13F2NO. The average molecular weight is 177 g/mol. The topological polar surface area (TPSA) is 29.1 Å². The minimum atomic E-state index is -2.50. The summed E-state index contributed by atoms with van der Waals surface area (Å²) in [5.74, 6) is -2.68. The van der Waals surface area contributed by atoms with Crippen LogP contribution in [0.4, 0.5) is 8.78 Å². The molecule has 1 aliphatic rings. The van der Waals surface area contributed by atoms with Gasteiger partial charge in [0.25, 0.3) is 0 Å². The third kappa shape index (κ3) is 2.75. The highest BCUT2D eigenvalue weighted by Crippen LogP contribution is 2.38. The number of nitrogens with one attached hydrogen (secondary N) is 1. The third-order valence-electron chi connectivity index (χ3n) is 2.15. The van der Waals surface area contributed by atoms with Crippen molar-refractivity contribution in [1.82, 2.24) is 5.32 Å². The molecule has 0 spiro atoms. The van der Waals surface area contributed by atoms with Crippen molar-refractivity contribution in [1.29, 1.82) is 0 Å². The van der Waals surface area contributed by atoms with Gasteiger partial charge in [0, 0.05) is 26.3 Å². The highest BCUT2D eigenvalue weighted by molar-refractivity contribution is 5.72. The quantitative estimate of drug-likeness (QED) is 0.681. The Morgan fingerprint density at radius 2 is 2.33 bits per heavy atom. The standard InChI is InChI=1S/C8H13F2NO/c1-6(12)11-5-7-2-3-8(9,10)4-7/h7H,2-5H2,1H3,(H,11,12). The van der Waals surface area contributed by atoms with Crippen LogP contribution in [0.3, 0.4) is 0 Å². The van der Waals surface area contributed by atoms with Gasteiger partial charge in [-0.15, -0.1) is 0 Å². The fourth-order valence-corrected chi connectivity index (χ4v) is 1.50. The van der Waals surface area contributed by atoms with Crippen LogP contribution in [0.5, 0.6) is 0 Å². The molecule has 1 atom stereocenters. The van der Waals surface area contributed by atoms with E-state index in [9.17, 15) is 13.6 Å². The number of halogens is 2. The van der Waals surface area contributed by atoms with Crippen LogP contribution in [0.1, 0.15) is 26.2 Å². The molecule has 4 heteroatoms. The van der Waals surface area contributed by atoms with Crippen molar-refractivity contribution in [2.24, 2.45) is 5.92 Å². The predicted molar refractivity (Wildman–Crippen MR) is 41.0 cm³/mol. The second kappa shape index (κ2) is 3.37. The molecule has 1 unspecified atom stereocenters. The molecule has 1 saturated carbocycles. The molecule has 1 amide bonds. The zero-order chi connectivity index (χ0) is 9.19. The van der Waals surface area contributed by atoms with Crippen molar-refractivity contribution < 1.29 is 13.6 Å². The summed E-state index contributed by atoms with van der Waals surface area (Å²) in [5, 5.41) is 2.55. The molecule has 0 aromatic carbocycles. The van der Waals surface area contributed by atoms with Gasteiger partial charge in [-0.25, -0.2) is 8.78 Å². The van der Waals surface area contributed by atoms with E-state index in [1.165, 1.54) is 6.92 Å². The van der Waals surface area contributed by atoms with Gasteiger partial charge in [0.05, 0.1) is 0 Å². The Labute approximate surface area is 70.3 Å². The Bertz CT molecular complexity index is 182. The lowest BCUT2D eigenvalue weighted by Crippen LogP contribution is -2.26. The summed E-state index contributed by atoms with van der Waals surface area (Å²) in [6, 6.07) is 0. The number of hydrogen-bond donors (Lipinski definition) is 1. The van der Waals surface area contributed by atoms with E-state index in [0.717, 1.165) is 0 Å². The van der Waals surface area contributed by atoms with E-state index in [-0.39, 0.29) is 24.7 Å². The van der Waals surface area contributed by atoms with Crippen LogP contribution in [0.25, 0.3) is 0 Å². The minimum absolute atomic E-state index is 0.0305. The van der Waals surface area contributed by atoms with Gasteiger partial charge < -0.3 is 5.32 Å². The van der Waals surface area contributed by atoms with Gasteiger partial charge in [-0.1, -0.05) is 0 Å². The minimum Gasteiger partial charge on any atom is -0.356 e. The molecule has 0 aromatic heterocycles. The van der Waals surface area contributed by atoms with Crippen LogP contribution >= 0.6 is 0 Å². The zero-order valence-corrected chi connectivity index (χ0v) is 7.07. The molecule has 0 aromatic rings. The first-order chi connectivity index (χ1) is 5.49. The van der Waals surface area contributed by atoms with E-state index >= 15 is 0 Å². The van der Waals surface area contributed by atoms with Crippen LogP contribution in [0.2, 0.25) is 0 Å². The van der Waals surface area contributed by atoms with E-state index in [4.69, 9.17) is 0 Å². The third-order valence-corrected chi connectivity index (χ3v) is 2.15. The molecule has 0 bridgehead atoms. The number of hydrogen-bond acceptors (Lipinski definition) is 1. The summed E-state index contributed by atoms with van der Waals surface area (Å²) < 4.78 is 25.2. The Balaban J connectivity index is 2.24. The van der Waals surface area contributed by atoms with Crippen molar-refractivity contribution in [2.45, 2.75) is 32.1 Å². The summed E-state index contributed by atoms with van der Waals surface area (Å²) in [5.41, 5.74) is 0. The predicted octanol–water partition coefficient (Wildman–Crippen LogP) is 1.56. The SMILES string of the molecule is CC(=O)NCC1CCC(F)(F)C1. The van der Waals surface area contributed by atoms with Crippen molar-refractivity contribution in [3.05, 3.63) is 0 Å². The van der Waals surface area contributed by atoms with Gasteiger partial charge in [0.1, 0.15) is 0 Å². The Hall–Kier alpha value is -0.670. The Morgan fingerprint density at radius 1 is 1.67 bits per heavy atom. The van der Waals surface area contributed by atoms with Gasteiger partial charge >= 0.3 is 0 Å². The summed E-state index contributed by atoms with van der Waals surface area (Å²) in [4.78, 5) is 10.5. The van der Waals surface area contributed by atoms with Crippen LogP contribution in [-0.2, 0) is 4.79 Å².